The lowest BCUT2D eigenvalue weighted by Crippen LogP contribution is -2.18. The summed E-state index contributed by atoms with van der Waals surface area (Å²) >= 11 is 0. The lowest BCUT2D eigenvalue weighted by Gasteiger charge is -2.16. The summed E-state index contributed by atoms with van der Waals surface area (Å²) in [4.78, 5) is 6.43. The van der Waals surface area contributed by atoms with E-state index in [2.05, 4.69) is 48.1 Å². The zero-order valence-corrected chi connectivity index (χ0v) is 11.2. The molecule has 3 heteroatoms. The molecule has 1 heterocycles. The van der Waals surface area contributed by atoms with Gasteiger partial charge >= 0.3 is 0 Å². The van der Waals surface area contributed by atoms with E-state index in [1.54, 1.807) is 6.20 Å². The minimum atomic E-state index is 1.02. The molecule has 2 aromatic rings. The summed E-state index contributed by atoms with van der Waals surface area (Å²) < 4.78 is 2.02. The third-order valence-corrected chi connectivity index (χ3v) is 3.08. The zero-order valence-electron chi connectivity index (χ0n) is 11.2. The highest BCUT2D eigenvalue weighted by atomic mass is 15.1. The molecule has 0 bridgehead atoms. The Morgan fingerprint density at radius 3 is 2.61 bits per heavy atom. The highest BCUT2D eigenvalue weighted by Gasteiger charge is 2.00. The lowest BCUT2D eigenvalue weighted by atomic mass is 10.2. The summed E-state index contributed by atoms with van der Waals surface area (Å²) in [5.41, 5.74) is 2.52. The maximum Gasteiger partial charge on any atom is 0.0991 e. The van der Waals surface area contributed by atoms with E-state index < -0.39 is 0 Å². The van der Waals surface area contributed by atoms with Gasteiger partial charge in [0.05, 0.1) is 6.33 Å². The highest BCUT2D eigenvalue weighted by molar-refractivity contribution is 5.34. The molecule has 3 nitrogen and oxygen atoms in total. The first-order valence-electron chi connectivity index (χ1n) is 6.55. The Balaban J connectivity index is 1.95. The average molecular weight is 243 g/mol. The minimum Gasteiger partial charge on any atom is -0.306 e. The quantitative estimate of drug-likeness (QED) is 0.777. The molecule has 1 aromatic carbocycles. The SMILES string of the molecule is CCCCN(C)Cc1ccc(-n2ccnc2)cc1. The Labute approximate surface area is 109 Å². The molecule has 0 amide bonds. The van der Waals surface area contributed by atoms with Crippen LogP contribution in [-0.4, -0.2) is 28.0 Å². The third kappa shape index (κ3) is 3.44. The molecule has 0 aliphatic heterocycles. The molecule has 0 fully saturated rings. The van der Waals surface area contributed by atoms with Crippen LogP contribution in [0.1, 0.15) is 25.3 Å². The van der Waals surface area contributed by atoms with E-state index in [1.807, 2.05) is 17.1 Å². The second-order valence-electron chi connectivity index (χ2n) is 4.73. The fourth-order valence-electron chi connectivity index (χ4n) is 2.00. The number of unbranched alkanes of at least 4 members (excludes halogenated alkanes) is 1. The van der Waals surface area contributed by atoms with Gasteiger partial charge in [0.2, 0.25) is 0 Å². The van der Waals surface area contributed by atoms with Crippen LogP contribution in [0, 0.1) is 0 Å². The van der Waals surface area contributed by atoms with Crippen LogP contribution in [0.3, 0.4) is 0 Å². The number of aromatic nitrogens is 2. The topological polar surface area (TPSA) is 21.1 Å². The number of nitrogens with zero attached hydrogens (tertiary/aromatic N) is 3. The molecule has 96 valence electrons. The Morgan fingerprint density at radius 2 is 2.00 bits per heavy atom. The number of hydrogen-bond acceptors (Lipinski definition) is 2. The molecular weight excluding hydrogens is 222 g/mol. The van der Waals surface area contributed by atoms with E-state index in [-0.39, 0.29) is 0 Å². The molecule has 18 heavy (non-hydrogen) atoms. The van der Waals surface area contributed by atoms with Gasteiger partial charge in [-0.1, -0.05) is 25.5 Å². The van der Waals surface area contributed by atoms with Gasteiger partial charge in [-0.2, -0.15) is 0 Å². The maximum atomic E-state index is 4.06. The smallest absolute Gasteiger partial charge is 0.0991 e. The first kappa shape index (κ1) is 12.8. The minimum absolute atomic E-state index is 1.02. The average Bonchev–Trinajstić information content (AvgIpc) is 2.91. The molecule has 2 rings (SSSR count). The van der Waals surface area contributed by atoms with Crippen LogP contribution in [0.25, 0.3) is 5.69 Å². The van der Waals surface area contributed by atoms with Crippen LogP contribution in [0.4, 0.5) is 0 Å². The van der Waals surface area contributed by atoms with E-state index >= 15 is 0 Å². The summed E-state index contributed by atoms with van der Waals surface area (Å²) in [6.45, 7) is 4.41. The Kier molecular flexibility index (Phi) is 4.53. The summed E-state index contributed by atoms with van der Waals surface area (Å²) in [6, 6.07) is 8.67. The highest BCUT2D eigenvalue weighted by Crippen LogP contribution is 2.10. The lowest BCUT2D eigenvalue weighted by molar-refractivity contribution is 0.321. The standard InChI is InChI=1S/C15H21N3/c1-3-4-10-17(2)12-14-5-7-15(8-6-14)18-11-9-16-13-18/h5-9,11,13H,3-4,10,12H2,1-2H3. The van der Waals surface area contributed by atoms with E-state index in [9.17, 15) is 0 Å². The van der Waals surface area contributed by atoms with E-state index in [1.165, 1.54) is 24.9 Å². The van der Waals surface area contributed by atoms with Gasteiger partial charge in [-0.05, 0) is 37.7 Å². The molecule has 1 aromatic heterocycles. The normalized spacial score (nSPS) is 11.1. The fraction of sp³-hybridized carbons (Fsp3) is 0.400. The van der Waals surface area contributed by atoms with Gasteiger partial charge in [-0.25, -0.2) is 4.98 Å². The van der Waals surface area contributed by atoms with Gasteiger partial charge < -0.3 is 9.47 Å². The number of hydrogen-bond donors (Lipinski definition) is 0. The maximum absolute atomic E-state index is 4.06. The van der Waals surface area contributed by atoms with Gasteiger partial charge in [0.1, 0.15) is 0 Å². The molecule has 0 aliphatic rings. The Bertz CT molecular complexity index is 445. The molecule has 0 spiro atoms. The van der Waals surface area contributed by atoms with Crippen LogP contribution >= 0.6 is 0 Å². The van der Waals surface area contributed by atoms with Crippen molar-refractivity contribution in [1.29, 1.82) is 0 Å². The van der Waals surface area contributed by atoms with Crippen molar-refractivity contribution >= 4 is 0 Å². The van der Waals surface area contributed by atoms with Crippen molar-refractivity contribution in [2.45, 2.75) is 26.3 Å². The molecular formula is C15H21N3. The summed E-state index contributed by atoms with van der Waals surface area (Å²) in [7, 11) is 2.18. The van der Waals surface area contributed by atoms with Crippen molar-refractivity contribution in [3.63, 3.8) is 0 Å². The van der Waals surface area contributed by atoms with E-state index in [0.29, 0.717) is 0 Å². The van der Waals surface area contributed by atoms with Gasteiger partial charge in [-0.15, -0.1) is 0 Å². The molecule has 0 saturated carbocycles. The molecule has 0 unspecified atom stereocenters. The van der Waals surface area contributed by atoms with Crippen LogP contribution in [0.15, 0.2) is 43.0 Å². The Hall–Kier alpha value is -1.61. The number of benzene rings is 1. The molecule has 0 atom stereocenters. The van der Waals surface area contributed by atoms with Crippen molar-refractivity contribution in [3.8, 4) is 5.69 Å². The summed E-state index contributed by atoms with van der Waals surface area (Å²) in [5.74, 6) is 0. The monoisotopic (exact) mass is 243 g/mol. The van der Waals surface area contributed by atoms with Crippen LogP contribution in [-0.2, 0) is 6.54 Å². The second-order valence-corrected chi connectivity index (χ2v) is 4.73. The van der Waals surface area contributed by atoms with Crippen molar-refractivity contribution in [2.24, 2.45) is 0 Å². The third-order valence-electron chi connectivity index (χ3n) is 3.08. The van der Waals surface area contributed by atoms with Crippen molar-refractivity contribution in [3.05, 3.63) is 48.5 Å². The van der Waals surface area contributed by atoms with E-state index in [0.717, 1.165) is 12.2 Å². The summed E-state index contributed by atoms with van der Waals surface area (Å²) in [6.07, 6.45) is 8.10. The van der Waals surface area contributed by atoms with E-state index in [4.69, 9.17) is 0 Å². The van der Waals surface area contributed by atoms with Crippen molar-refractivity contribution in [1.82, 2.24) is 14.5 Å². The predicted octanol–water partition coefficient (Wildman–Crippen LogP) is 3.10. The van der Waals surface area contributed by atoms with Gasteiger partial charge in [0.15, 0.2) is 0 Å². The second kappa shape index (κ2) is 6.36. The van der Waals surface area contributed by atoms with Crippen LogP contribution < -0.4 is 0 Å². The van der Waals surface area contributed by atoms with Crippen LogP contribution in [0.5, 0.6) is 0 Å². The predicted molar refractivity (Wildman–Crippen MR) is 74.8 cm³/mol. The molecule has 0 aliphatic carbocycles. The fourth-order valence-corrected chi connectivity index (χ4v) is 2.00. The molecule has 0 N–H and O–H groups in total. The summed E-state index contributed by atoms with van der Waals surface area (Å²) in [5, 5.41) is 0. The molecule has 0 radical (unpaired) electrons. The first-order chi connectivity index (χ1) is 8.79. The van der Waals surface area contributed by atoms with Crippen molar-refractivity contribution < 1.29 is 0 Å². The largest absolute Gasteiger partial charge is 0.306 e. The van der Waals surface area contributed by atoms with Gasteiger partial charge in [-0.3, -0.25) is 0 Å². The number of imidazole rings is 1. The number of rotatable bonds is 6. The zero-order chi connectivity index (χ0) is 12.8. The van der Waals surface area contributed by atoms with Crippen molar-refractivity contribution in [2.75, 3.05) is 13.6 Å². The van der Waals surface area contributed by atoms with Gasteiger partial charge in [0.25, 0.3) is 0 Å². The Morgan fingerprint density at radius 1 is 1.22 bits per heavy atom. The van der Waals surface area contributed by atoms with Crippen LogP contribution in [0.2, 0.25) is 0 Å². The first-order valence-corrected chi connectivity index (χ1v) is 6.55. The molecule has 0 saturated heterocycles. The van der Waals surface area contributed by atoms with Gasteiger partial charge in [0, 0.05) is 24.6 Å².